The Kier molecular flexibility index (Phi) is 23.2. The Morgan fingerprint density at radius 1 is 0.900 bits per heavy atom. The Bertz CT molecular complexity index is 804. The van der Waals surface area contributed by atoms with E-state index in [-0.39, 0.29) is 12.5 Å². The molecule has 0 aliphatic carbocycles. The molecular weight excluding hydrogens is 527 g/mol. The van der Waals surface area contributed by atoms with Crippen LogP contribution in [0.15, 0.2) is 48.6 Å². The van der Waals surface area contributed by atoms with Crippen molar-refractivity contribution < 1.29 is 32.9 Å². The predicted molar refractivity (Wildman–Crippen MR) is 164 cm³/mol. The molecule has 0 aliphatic heterocycles. The van der Waals surface area contributed by atoms with Crippen LogP contribution >= 0.6 is 7.82 Å². The number of aliphatic hydroxyl groups is 1. The number of quaternary nitrogens is 1. The van der Waals surface area contributed by atoms with Crippen LogP contribution in [0.5, 0.6) is 0 Å². The third-order valence-electron chi connectivity index (χ3n) is 6.03. The van der Waals surface area contributed by atoms with Crippen LogP contribution in [0, 0.1) is 0 Å². The molecule has 0 aromatic rings. The van der Waals surface area contributed by atoms with Gasteiger partial charge in [-0.1, -0.05) is 88.1 Å². The molecule has 2 N–H and O–H groups in total. The van der Waals surface area contributed by atoms with Gasteiger partial charge < -0.3 is 28.8 Å². The normalized spacial score (nSPS) is 15.9. The zero-order valence-corrected chi connectivity index (χ0v) is 26.7. The van der Waals surface area contributed by atoms with Crippen molar-refractivity contribution in [2.75, 3.05) is 40.9 Å². The Morgan fingerprint density at radius 3 is 2.17 bits per heavy atom. The number of rotatable bonds is 25. The second kappa shape index (κ2) is 24.1. The van der Waals surface area contributed by atoms with Gasteiger partial charge in [0.2, 0.25) is 5.91 Å². The van der Waals surface area contributed by atoms with Crippen molar-refractivity contribution in [1.82, 2.24) is 5.32 Å². The topological polar surface area (TPSA) is 108 Å². The number of nitrogens with zero attached hydrogens (tertiary/aromatic N) is 1. The Morgan fingerprint density at radius 2 is 1.52 bits per heavy atom. The number of hydrogen-bond donors (Lipinski definition) is 2. The van der Waals surface area contributed by atoms with Gasteiger partial charge in [-0.25, -0.2) is 0 Å². The maximum atomic E-state index is 12.5. The Labute approximate surface area is 244 Å². The number of allylic oxidation sites excluding steroid dienone is 7. The first-order valence-electron chi connectivity index (χ1n) is 15.0. The van der Waals surface area contributed by atoms with Crippen molar-refractivity contribution in [3.63, 3.8) is 0 Å². The summed E-state index contributed by atoms with van der Waals surface area (Å²) in [5.41, 5.74) is 0. The first-order chi connectivity index (χ1) is 19.0. The molecule has 0 aromatic carbocycles. The van der Waals surface area contributed by atoms with Gasteiger partial charge >= 0.3 is 0 Å². The van der Waals surface area contributed by atoms with Crippen molar-refractivity contribution in [2.45, 2.75) is 103 Å². The van der Waals surface area contributed by atoms with Crippen molar-refractivity contribution >= 4 is 13.7 Å². The van der Waals surface area contributed by atoms with Crippen molar-refractivity contribution in [3.8, 4) is 0 Å². The van der Waals surface area contributed by atoms with Crippen molar-refractivity contribution in [2.24, 2.45) is 0 Å². The van der Waals surface area contributed by atoms with E-state index in [0.29, 0.717) is 17.4 Å². The summed E-state index contributed by atoms with van der Waals surface area (Å²) in [5.74, 6) is -0.232. The van der Waals surface area contributed by atoms with Gasteiger partial charge in [0.05, 0.1) is 39.9 Å². The Balaban J connectivity index is 4.36. The number of unbranched alkanes of at least 4 members (excludes halogenated alkanes) is 6. The van der Waals surface area contributed by atoms with E-state index in [4.69, 9.17) is 9.05 Å². The van der Waals surface area contributed by atoms with E-state index in [1.165, 1.54) is 0 Å². The average molecular weight is 585 g/mol. The Hall–Kier alpha value is -1.54. The molecule has 0 aromatic heterocycles. The molecule has 3 unspecified atom stereocenters. The number of carbonyl (C=O) groups excluding carboxylic acids is 1. The van der Waals surface area contributed by atoms with E-state index in [9.17, 15) is 19.4 Å². The van der Waals surface area contributed by atoms with E-state index in [0.717, 1.165) is 70.6 Å². The highest BCUT2D eigenvalue weighted by atomic mass is 31.2. The zero-order chi connectivity index (χ0) is 30.1. The lowest BCUT2D eigenvalue weighted by atomic mass is 10.1. The number of phosphoric acid groups is 1. The molecule has 3 atom stereocenters. The summed E-state index contributed by atoms with van der Waals surface area (Å²) in [6.45, 7) is 4.24. The van der Waals surface area contributed by atoms with Gasteiger partial charge in [-0.15, -0.1) is 0 Å². The minimum atomic E-state index is -4.56. The van der Waals surface area contributed by atoms with Crippen molar-refractivity contribution in [3.05, 3.63) is 48.6 Å². The number of amides is 1. The van der Waals surface area contributed by atoms with Crippen LogP contribution < -0.4 is 10.2 Å². The molecule has 0 aliphatic rings. The van der Waals surface area contributed by atoms with Crippen molar-refractivity contribution in [1.29, 1.82) is 0 Å². The molecule has 0 spiro atoms. The number of likely N-dealkylation sites (N-methyl/N-ethyl adjacent to an activating group) is 1. The molecule has 9 heteroatoms. The molecule has 40 heavy (non-hydrogen) atoms. The first kappa shape index (κ1) is 38.5. The van der Waals surface area contributed by atoms with Crippen LogP contribution in [0.2, 0.25) is 0 Å². The maximum Gasteiger partial charge on any atom is 0.268 e. The monoisotopic (exact) mass is 584 g/mol. The van der Waals surface area contributed by atoms with Crippen LogP contribution in [-0.4, -0.2) is 68.5 Å². The third kappa shape index (κ3) is 25.4. The summed E-state index contributed by atoms with van der Waals surface area (Å²) in [4.78, 5) is 24.7. The summed E-state index contributed by atoms with van der Waals surface area (Å²) >= 11 is 0. The number of carbonyl (C=O) groups is 1. The van der Waals surface area contributed by atoms with E-state index in [1.54, 1.807) is 6.08 Å². The lowest BCUT2D eigenvalue weighted by Crippen LogP contribution is -2.45. The van der Waals surface area contributed by atoms with E-state index in [1.807, 2.05) is 34.1 Å². The molecule has 0 saturated carbocycles. The lowest BCUT2D eigenvalue weighted by Gasteiger charge is -2.29. The molecule has 0 bridgehead atoms. The molecule has 0 radical (unpaired) electrons. The molecule has 0 saturated heterocycles. The predicted octanol–water partition coefficient (Wildman–Crippen LogP) is 5.99. The van der Waals surface area contributed by atoms with Gasteiger partial charge in [0.25, 0.3) is 7.82 Å². The number of nitrogens with one attached hydrogen (secondary N) is 1. The lowest BCUT2D eigenvalue weighted by molar-refractivity contribution is -0.870. The second-order valence-electron chi connectivity index (χ2n) is 11.1. The number of aliphatic hydroxyl groups excluding tert-OH is 1. The zero-order valence-electron chi connectivity index (χ0n) is 25.8. The summed E-state index contributed by atoms with van der Waals surface area (Å²) in [6.07, 6.45) is 26.6. The summed E-state index contributed by atoms with van der Waals surface area (Å²) < 4.78 is 22.7. The number of phosphoric ester groups is 1. The van der Waals surface area contributed by atoms with Gasteiger partial charge in [0.1, 0.15) is 13.2 Å². The molecular formula is C31H57N2O6P. The van der Waals surface area contributed by atoms with Gasteiger partial charge in [-0.3, -0.25) is 9.36 Å². The highest BCUT2D eigenvalue weighted by Crippen LogP contribution is 2.38. The first-order valence-corrected chi connectivity index (χ1v) is 16.5. The third-order valence-corrected chi connectivity index (χ3v) is 6.99. The highest BCUT2D eigenvalue weighted by Gasteiger charge is 2.23. The van der Waals surface area contributed by atoms with Gasteiger partial charge in [-0.05, 0) is 44.9 Å². The van der Waals surface area contributed by atoms with Crippen LogP contribution in [0.3, 0.4) is 0 Å². The molecule has 0 heterocycles. The molecule has 232 valence electrons. The fraction of sp³-hybridized carbons (Fsp3) is 0.710. The van der Waals surface area contributed by atoms with Crippen LogP contribution in [-0.2, 0) is 18.4 Å². The SMILES string of the molecule is CC/C=C\C/C=C\C/C=C\CCCCCCCC(=O)NC(COP(=O)([O-])OCC[N+](C)(C)C)C(O)/C=C/CCC. The van der Waals surface area contributed by atoms with Gasteiger partial charge in [0.15, 0.2) is 0 Å². The summed E-state index contributed by atoms with van der Waals surface area (Å²) in [5, 5.41) is 13.3. The van der Waals surface area contributed by atoms with E-state index < -0.39 is 26.6 Å². The van der Waals surface area contributed by atoms with Crippen LogP contribution in [0.25, 0.3) is 0 Å². The standard InChI is InChI=1S/C31H57N2O6P/c1-6-8-10-11-12-13-14-15-16-17-18-19-20-21-23-25-31(35)32-29(30(34)24-22-9-7-2)28-39-40(36,37)38-27-26-33(3,4)5/h8,10,12-13,15-16,22,24,29-30,34H,6-7,9,11,14,17-21,23,25-28H2,1-5H3,(H-,32,35,36,37)/b10-8-,13-12-,16-15-,24-22+. The fourth-order valence-corrected chi connectivity index (χ4v) is 4.30. The quantitative estimate of drug-likeness (QED) is 0.0591. The second-order valence-corrected chi connectivity index (χ2v) is 12.5. The number of hydrogen-bond acceptors (Lipinski definition) is 6. The van der Waals surface area contributed by atoms with Crippen LogP contribution in [0.4, 0.5) is 0 Å². The summed E-state index contributed by atoms with van der Waals surface area (Å²) in [6, 6.07) is -0.890. The fourth-order valence-electron chi connectivity index (χ4n) is 3.58. The molecule has 0 rings (SSSR count). The highest BCUT2D eigenvalue weighted by molar-refractivity contribution is 7.45. The average Bonchev–Trinajstić information content (AvgIpc) is 2.88. The molecule has 1 amide bonds. The van der Waals surface area contributed by atoms with Gasteiger partial charge in [-0.2, -0.15) is 0 Å². The summed E-state index contributed by atoms with van der Waals surface area (Å²) in [7, 11) is 1.22. The van der Waals surface area contributed by atoms with Crippen LogP contribution in [0.1, 0.15) is 90.9 Å². The smallest absolute Gasteiger partial charge is 0.268 e. The van der Waals surface area contributed by atoms with E-state index in [2.05, 4.69) is 48.7 Å². The van der Waals surface area contributed by atoms with Gasteiger partial charge in [0, 0.05) is 6.42 Å². The van der Waals surface area contributed by atoms with E-state index >= 15 is 0 Å². The maximum absolute atomic E-state index is 12.5. The molecule has 8 nitrogen and oxygen atoms in total. The minimum Gasteiger partial charge on any atom is -0.756 e. The largest absolute Gasteiger partial charge is 0.756 e. The molecule has 0 fully saturated rings. The minimum absolute atomic E-state index is 0.00884.